The van der Waals surface area contributed by atoms with Gasteiger partial charge in [0.25, 0.3) is 11.7 Å². The lowest BCUT2D eigenvalue weighted by Crippen LogP contribution is -2.30. The van der Waals surface area contributed by atoms with Crippen LogP contribution in [0.3, 0.4) is 0 Å². The zero-order chi connectivity index (χ0) is 20.5. The first-order valence-corrected chi connectivity index (χ1v) is 9.29. The Balaban J connectivity index is 1.96. The summed E-state index contributed by atoms with van der Waals surface area (Å²) in [5.41, 5.74) is 1.13. The number of ether oxygens (including phenoxy) is 1. The first-order chi connectivity index (χ1) is 13.4. The van der Waals surface area contributed by atoms with Crippen molar-refractivity contribution in [1.82, 2.24) is 0 Å². The average Bonchev–Trinajstić information content (AvgIpc) is 2.67. The summed E-state index contributed by atoms with van der Waals surface area (Å²) in [6.07, 6.45) is -1.08. The largest absolute Gasteiger partial charge is 0.449 e. The van der Waals surface area contributed by atoms with Gasteiger partial charge in [-0.25, -0.2) is 4.79 Å². The fraction of sp³-hybridized carbons (Fsp3) is 0.263. The number of hydrogen-bond acceptors (Lipinski definition) is 6. The third kappa shape index (κ3) is 6.50. The lowest BCUT2D eigenvalue weighted by Gasteiger charge is -2.15. The van der Waals surface area contributed by atoms with Crippen LogP contribution in [0.2, 0.25) is 0 Å². The quantitative estimate of drug-likeness (QED) is 0.433. The van der Waals surface area contributed by atoms with E-state index >= 15 is 0 Å². The Morgan fingerprint density at radius 1 is 1.14 bits per heavy atom. The molecular weight excluding hydrogens is 390 g/mol. The molecule has 0 aliphatic heterocycles. The topological polar surface area (TPSA) is 87.7 Å². The van der Waals surface area contributed by atoms with Crippen LogP contribution in [0.1, 0.15) is 17.3 Å². The molecule has 0 radical (unpaired) electrons. The summed E-state index contributed by atoms with van der Waals surface area (Å²) in [5.74, 6) is -3.76. The molecule has 2 rings (SSSR count). The van der Waals surface area contributed by atoms with Crippen LogP contribution in [-0.2, 0) is 9.53 Å². The van der Waals surface area contributed by atoms with E-state index in [0.29, 0.717) is 28.0 Å². The van der Waals surface area contributed by atoms with Crippen molar-refractivity contribution in [2.45, 2.75) is 23.7 Å². The van der Waals surface area contributed by atoms with Crippen LogP contribution in [0.5, 0.6) is 0 Å². The van der Waals surface area contributed by atoms with Gasteiger partial charge in [0.1, 0.15) is 0 Å². The van der Waals surface area contributed by atoms with Crippen molar-refractivity contribution in [3.05, 3.63) is 54.1 Å². The molecule has 0 fully saturated rings. The number of nitrogens with one attached hydrogen (secondary N) is 2. The lowest BCUT2D eigenvalue weighted by molar-refractivity contribution is -0.123. The van der Waals surface area contributed by atoms with Crippen LogP contribution < -0.4 is 10.6 Å². The SMILES string of the molecule is C[C@H](OC(=O)c1ccccc1NCCO)C(=O)Nc1ccc(SC(F)F)cc1. The molecule has 0 aliphatic carbocycles. The molecule has 1 atom stereocenters. The van der Waals surface area contributed by atoms with Crippen LogP contribution in [0.25, 0.3) is 0 Å². The van der Waals surface area contributed by atoms with Gasteiger partial charge in [0, 0.05) is 22.8 Å². The Hall–Kier alpha value is -2.65. The number of halogens is 2. The van der Waals surface area contributed by atoms with Gasteiger partial charge in [-0.1, -0.05) is 23.9 Å². The summed E-state index contributed by atoms with van der Waals surface area (Å²) in [6, 6.07) is 12.5. The monoisotopic (exact) mass is 410 g/mol. The maximum atomic E-state index is 12.4. The minimum Gasteiger partial charge on any atom is -0.449 e. The highest BCUT2D eigenvalue weighted by Gasteiger charge is 2.21. The molecule has 2 aromatic carbocycles. The Labute approximate surface area is 165 Å². The molecule has 2 aromatic rings. The highest BCUT2D eigenvalue weighted by molar-refractivity contribution is 7.99. The van der Waals surface area contributed by atoms with E-state index in [0.717, 1.165) is 0 Å². The molecule has 3 N–H and O–H groups in total. The fourth-order valence-corrected chi connectivity index (χ4v) is 2.75. The fourth-order valence-electron chi connectivity index (χ4n) is 2.25. The van der Waals surface area contributed by atoms with Crippen molar-refractivity contribution >= 4 is 35.0 Å². The zero-order valence-electron chi connectivity index (χ0n) is 15.0. The van der Waals surface area contributed by atoms with Crippen molar-refractivity contribution in [1.29, 1.82) is 0 Å². The van der Waals surface area contributed by atoms with Crippen molar-refractivity contribution in [3.8, 4) is 0 Å². The molecule has 0 aromatic heterocycles. The number of carbonyl (C=O) groups is 2. The Bertz CT molecular complexity index is 803. The minimum absolute atomic E-state index is 0.100. The summed E-state index contributed by atoms with van der Waals surface area (Å²) < 4.78 is 29.9. The van der Waals surface area contributed by atoms with Crippen molar-refractivity contribution in [2.75, 3.05) is 23.8 Å². The third-order valence-corrected chi connectivity index (χ3v) is 4.30. The van der Waals surface area contributed by atoms with E-state index in [2.05, 4.69) is 10.6 Å². The van der Waals surface area contributed by atoms with E-state index in [1.54, 1.807) is 24.3 Å². The van der Waals surface area contributed by atoms with Gasteiger partial charge in [0.05, 0.1) is 12.2 Å². The predicted octanol–water partition coefficient (Wildman–Crippen LogP) is 3.59. The van der Waals surface area contributed by atoms with Gasteiger partial charge in [-0.05, 0) is 43.3 Å². The number of anilines is 2. The molecule has 0 spiro atoms. The predicted molar refractivity (Wildman–Crippen MR) is 104 cm³/mol. The van der Waals surface area contributed by atoms with Gasteiger partial charge in [0.2, 0.25) is 0 Å². The number of hydrogen-bond donors (Lipinski definition) is 3. The number of rotatable bonds is 9. The highest BCUT2D eigenvalue weighted by Crippen LogP contribution is 2.26. The normalized spacial score (nSPS) is 11.8. The number of amides is 1. The maximum Gasteiger partial charge on any atom is 0.341 e. The van der Waals surface area contributed by atoms with Gasteiger partial charge in [0.15, 0.2) is 6.10 Å². The van der Waals surface area contributed by atoms with Crippen LogP contribution in [0, 0.1) is 0 Å². The zero-order valence-corrected chi connectivity index (χ0v) is 15.8. The van der Waals surface area contributed by atoms with Gasteiger partial charge in [-0.15, -0.1) is 0 Å². The van der Waals surface area contributed by atoms with E-state index < -0.39 is 23.7 Å². The van der Waals surface area contributed by atoms with Gasteiger partial charge in [-0.3, -0.25) is 4.79 Å². The standard InChI is InChI=1S/C19H20F2N2O4S/c1-12(17(25)23-13-6-8-14(9-7-13)28-19(20)21)27-18(26)15-4-2-3-5-16(15)22-10-11-24/h2-9,12,19,22,24H,10-11H2,1H3,(H,23,25)/t12-/m0/s1. The summed E-state index contributed by atoms with van der Waals surface area (Å²) >= 11 is 0.408. The van der Waals surface area contributed by atoms with Gasteiger partial charge in [-0.2, -0.15) is 8.78 Å². The van der Waals surface area contributed by atoms with E-state index in [-0.39, 0.29) is 18.7 Å². The van der Waals surface area contributed by atoms with Crippen LogP contribution >= 0.6 is 11.8 Å². The number of benzene rings is 2. The van der Waals surface area contributed by atoms with Crippen molar-refractivity contribution < 1.29 is 28.2 Å². The Morgan fingerprint density at radius 3 is 2.46 bits per heavy atom. The van der Waals surface area contributed by atoms with E-state index in [9.17, 15) is 18.4 Å². The second-order valence-corrected chi connectivity index (χ2v) is 6.70. The first-order valence-electron chi connectivity index (χ1n) is 8.41. The second-order valence-electron chi connectivity index (χ2n) is 5.64. The molecule has 0 bridgehead atoms. The number of aliphatic hydroxyl groups is 1. The molecule has 9 heteroatoms. The molecule has 0 unspecified atom stereocenters. The van der Waals surface area contributed by atoms with E-state index in [4.69, 9.17) is 9.84 Å². The Morgan fingerprint density at radius 2 is 1.82 bits per heavy atom. The molecule has 0 heterocycles. The third-order valence-electron chi connectivity index (χ3n) is 3.57. The average molecular weight is 410 g/mol. The van der Waals surface area contributed by atoms with Crippen molar-refractivity contribution in [3.63, 3.8) is 0 Å². The van der Waals surface area contributed by atoms with Crippen molar-refractivity contribution in [2.24, 2.45) is 0 Å². The Kier molecular flexibility index (Phi) is 8.21. The molecule has 0 aliphatic rings. The first kappa shape index (κ1) is 21.6. The van der Waals surface area contributed by atoms with Crippen LogP contribution in [0.15, 0.2) is 53.4 Å². The molecule has 0 saturated heterocycles. The lowest BCUT2D eigenvalue weighted by atomic mass is 10.1. The number of para-hydroxylation sites is 1. The van der Waals surface area contributed by atoms with Crippen LogP contribution in [0.4, 0.5) is 20.2 Å². The summed E-state index contributed by atoms with van der Waals surface area (Å²) in [4.78, 5) is 25.0. The molecule has 150 valence electrons. The number of thioether (sulfide) groups is 1. The molecule has 28 heavy (non-hydrogen) atoms. The minimum atomic E-state index is -2.52. The highest BCUT2D eigenvalue weighted by atomic mass is 32.2. The van der Waals surface area contributed by atoms with Gasteiger partial charge < -0.3 is 20.5 Å². The summed E-state index contributed by atoms with van der Waals surface area (Å²) in [7, 11) is 0. The van der Waals surface area contributed by atoms with Gasteiger partial charge >= 0.3 is 5.97 Å². The molecule has 0 saturated carbocycles. The molecule has 6 nitrogen and oxygen atoms in total. The second kappa shape index (κ2) is 10.6. The molecular formula is C19H20F2N2O4S. The van der Waals surface area contributed by atoms with E-state index in [1.807, 2.05) is 0 Å². The summed E-state index contributed by atoms with van der Waals surface area (Å²) in [5, 5.41) is 14.4. The molecule has 1 amide bonds. The number of carbonyl (C=O) groups excluding carboxylic acids is 2. The van der Waals surface area contributed by atoms with E-state index in [1.165, 1.54) is 31.2 Å². The number of alkyl halides is 2. The van der Waals surface area contributed by atoms with Crippen LogP contribution in [-0.4, -0.2) is 42.0 Å². The summed E-state index contributed by atoms with van der Waals surface area (Å²) in [6.45, 7) is 1.59. The smallest absolute Gasteiger partial charge is 0.341 e. The number of aliphatic hydroxyl groups excluding tert-OH is 1. The number of esters is 1. The maximum absolute atomic E-state index is 12.4.